The minimum absolute atomic E-state index is 0.131. The molecule has 2 aromatic carbocycles. The van der Waals surface area contributed by atoms with E-state index in [-0.39, 0.29) is 12.1 Å². The number of ether oxygens (including phenoxy) is 3. The van der Waals surface area contributed by atoms with Gasteiger partial charge in [0.2, 0.25) is 0 Å². The second-order valence-electron chi connectivity index (χ2n) is 10.5. The van der Waals surface area contributed by atoms with E-state index in [2.05, 4.69) is 38.1 Å². The molecule has 212 valence electrons. The molecule has 0 aliphatic carbocycles. The van der Waals surface area contributed by atoms with E-state index in [1.54, 1.807) is 0 Å². The number of carbonyl (C=O) groups excluding carboxylic acids is 1. The molecule has 0 aromatic heterocycles. The van der Waals surface area contributed by atoms with Gasteiger partial charge in [-0.1, -0.05) is 115 Å². The lowest BCUT2D eigenvalue weighted by Crippen LogP contribution is -2.21. The minimum Gasteiger partial charge on any atom is -0.494 e. The van der Waals surface area contributed by atoms with Crippen LogP contribution in [0.25, 0.3) is 11.1 Å². The van der Waals surface area contributed by atoms with E-state index in [0.29, 0.717) is 13.0 Å². The van der Waals surface area contributed by atoms with Crippen molar-refractivity contribution in [1.82, 2.24) is 0 Å². The molecule has 38 heavy (non-hydrogen) atoms. The molecular weight excluding hydrogens is 472 g/mol. The van der Waals surface area contributed by atoms with Crippen LogP contribution in [0.1, 0.15) is 117 Å². The molecule has 0 amide bonds. The van der Waals surface area contributed by atoms with Gasteiger partial charge >= 0.3 is 5.97 Å². The van der Waals surface area contributed by atoms with Crippen LogP contribution >= 0.6 is 0 Å². The molecule has 1 atom stereocenters. The lowest BCUT2D eigenvalue weighted by molar-refractivity contribution is -0.149. The zero-order valence-corrected chi connectivity index (χ0v) is 24.3. The van der Waals surface area contributed by atoms with Gasteiger partial charge in [0.1, 0.15) is 24.2 Å². The Morgan fingerprint density at radius 2 is 1.05 bits per heavy atom. The summed E-state index contributed by atoms with van der Waals surface area (Å²) < 4.78 is 17.3. The maximum Gasteiger partial charge on any atom is 0.306 e. The highest BCUT2D eigenvalue weighted by atomic mass is 16.6. The average molecular weight is 525 g/mol. The Balaban J connectivity index is 1.61. The normalized spacial score (nSPS) is 11.8. The van der Waals surface area contributed by atoms with Crippen LogP contribution in [0.4, 0.5) is 0 Å². The molecule has 4 nitrogen and oxygen atoms in total. The summed E-state index contributed by atoms with van der Waals surface area (Å²) in [6, 6.07) is 16.3. The number of rotatable bonds is 22. The van der Waals surface area contributed by atoms with Crippen molar-refractivity contribution in [2.45, 2.75) is 123 Å². The number of carbonyl (C=O) groups is 1. The molecule has 0 saturated carbocycles. The Morgan fingerprint density at radius 1 is 0.605 bits per heavy atom. The van der Waals surface area contributed by atoms with E-state index in [0.717, 1.165) is 48.5 Å². The number of hydrogen-bond acceptors (Lipinski definition) is 4. The Bertz CT molecular complexity index is 844. The van der Waals surface area contributed by atoms with Crippen molar-refractivity contribution in [2.24, 2.45) is 0 Å². The highest BCUT2D eigenvalue weighted by molar-refractivity contribution is 5.69. The van der Waals surface area contributed by atoms with Crippen LogP contribution in [0.3, 0.4) is 0 Å². The van der Waals surface area contributed by atoms with Gasteiger partial charge in [-0.15, -0.1) is 0 Å². The summed E-state index contributed by atoms with van der Waals surface area (Å²) in [7, 11) is 0. The molecule has 2 rings (SSSR count). The first-order valence-electron chi connectivity index (χ1n) is 15.3. The first-order valence-corrected chi connectivity index (χ1v) is 15.3. The Morgan fingerprint density at radius 3 is 1.58 bits per heavy atom. The van der Waals surface area contributed by atoms with Gasteiger partial charge in [0.05, 0.1) is 6.61 Å². The van der Waals surface area contributed by atoms with Gasteiger partial charge < -0.3 is 14.2 Å². The van der Waals surface area contributed by atoms with E-state index in [1.165, 1.54) is 70.6 Å². The first-order chi connectivity index (χ1) is 18.6. The van der Waals surface area contributed by atoms with Gasteiger partial charge in [0.25, 0.3) is 0 Å². The van der Waals surface area contributed by atoms with E-state index in [9.17, 15) is 4.79 Å². The third-order valence-electron chi connectivity index (χ3n) is 6.86. The lowest BCUT2D eigenvalue weighted by Gasteiger charge is -2.15. The summed E-state index contributed by atoms with van der Waals surface area (Å²) in [5.74, 6) is 1.57. The zero-order chi connectivity index (χ0) is 27.3. The zero-order valence-electron chi connectivity index (χ0n) is 24.3. The van der Waals surface area contributed by atoms with Gasteiger partial charge in [0, 0.05) is 6.42 Å². The summed E-state index contributed by atoms with van der Waals surface area (Å²) in [6.07, 6.45) is 17.8. The summed E-state index contributed by atoms with van der Waals surface area (Å²) in [5, 5.41) is 0. The van der Waals surface area contributed by atoms with Gasteiger partial charge in [-0.2, -0.15) is 0 Å². The smallest absolute Gasteiger partial charge is 0.306 e. The monoisotopic (exact) mass is 524 g/mol. The van der Waals surface area contributed by atoms with Crippen LogP contribution in [0, 0.1) is 0 Å². The number of benzene rings is 2. The van der Waals surface area contributed by atoms with E-state index in [1.807, 2.05) is 31.2 Å². The van der Waals surface area contributed by atoms with Crippen LogP contribution in [-0.4, -0.2) is 25.3 Å². The van der Waals surface area contributed by atoms with Crippen LogP contribution in [0.5, 0.6) is 11.5 Å². The van der Waals surface area contributed by atoms with Crippen molar-refractivity contribution in [3.05, 3.63) is 48.5 Å². The van der Waals surface area contributed by atoms with E-state index >= 15 is 0 Å². The Kier molecular flexibility index (Phi) is 17.1. The molecule has 0 aliphatic heterocycles. The van der Waals surface area contributed by atoms with Crippen molar-refractivity contribution < 1.29 is 19.0 Å². The van der Waals surface area contributed by atoms with Crippen molar-refractivity contribution in [1.29, 1.82) is 0 Å². The molecule has 0 fully saturated rings. The van der Waals surface area contributed by atoms with Gasteiger partial charge in [-0.3, -0.25) is 4.79 Å². The molecule has 2 aromatic rings. The fraction of sp³-hybridized carbons (Fsp3) is 0.618. The maximum absolute atomic E-state index is 12.0. The predicted molar refractivity (Wildman–Crippen MR) is 159 cm³/mol. The third kappa shape index (κ3) is 14.4. The van der Waals surface area contributed by atoms with E-state index < -0.39 is 0 Å². The molecule has 1 unspecified atom stereocenters. The Labute approximate surface area is 232 Å². The summed E-state index contributed by atoms with van der Waals surface area (Å²) in [6.45, 7) is 7.47. The van der Waals surface area contributed by atoms with Crippen LogP contribution in [-0.2, 0) is 9.53 Å². The summed E-state index contributed by atoms with van der Waals surface area (Å²) >= 11 is 0. The average Bonchev–Trinajstić information content (AvgIpc) is 2.93. The quantitative estimate of drug-likeness (QED) is 0.114. The largest absolute Gasteiger partial charge is 0.494 e. The molecule has 0 saturated heterocycles. The molecule has 0 radical (unpaired) electrons. The van der Waals surface area contributed by atoms with Crippen LogP contribution < -0.4 is 9.47 Å². The number of hydrogen-bond donors (Lipinski definition) is 0. The summed E-state index contributed by atoms with van der Waals surface area (Å²) in [5.41, 5.74) is 2.28. The number of unbranched alkanes of at least 4 members (excludes halogenated alkanes) is 12. The standard InChI is InChI=1S/C34H52O4/c1-4-6-8-10-11-12-13-15-17-27-36-32-23-19-30(20-24-32)31-21-25-33(26-22-31)37-28-29(3)38-34(35)18-16-14-9-7-5-2/h19-26,29H,4-18,27-28H2,1-3H3. The second kappa shape index (κ2) is 20.5. The van der Waals surface area contributed by atoms with Gasteiger partial charge in [0.15, 0.2) is 0 Å². The second-order valence-corrected chi connectivity index (χ2v) is 10.5. The van der Waals surface area contributed by atoms with Crippen molar-refractivity contribution in [3.63, 3.8) is 0 Å². The molecule has 0 aliphatic rings. The van der Waals surface area contributed by atoms with Crippen molar-refractivity contribution in [2.75, 3.05) is 13.2 Å². The number of esters is 1. The lowest BCUT2D eigenvalue weighted by atomic mass is 10.1. The fourth-order valence-corrected chi connectivity index (χ4v) is 4.49. The Hall–Kier alpha value is -2.49. The molecule has 0 N–H and O–H groups in total. The van der Waals surface area contributed by atoms with Gasteiger partial charge in [-0.25, -0.2) is 0 Å². The third-order valence-corrected chi connectivity index (χ3v) is 6.86. The SMILES string of the molecule is CCCCCCCCCCCOc1ccc(-c2ccc(OCC(C)OC(=O)CCCCCCC)cc2)cc1. The van der Waals surface area contributed by atoms with Crippen molar-refractivity contribution >= 4 is 5.97 Å². The fourth-order valence-electron chi connectivity index (χ4n) is 4.49. The molecule has 0 spiro atoms. The maximum atomic E-state index is 12.0. The summed E-state index contributed by atoms with van der Waals surface area (Å²) in [4.78, 5) is 12.0. The molecule has 0 bridgehead atoms. The highest BCUT2D eigenvalue weighted by Crippen LogP contribution is 2.25. The highest BCUT2D eigenvalue weighted by Gasteiger charge is 2.10. The molecular formula is C34H52O4. The minimum atomic E-state index is -0.263. The van der Waals surface area contributed by atoms with Crippen LogP contribution in [0.2, 0.25) is 0 Å². The molecule has 0 heterocycles. The first kappa shape index (κ1) is 31.7. The van der Waals surface area contributed by atoms with Crippen LogP contribution in [0.15, 0.2) is 48.5 Å². The van der Waals surface area contributed by atoms with Gasteiger partial charge in [-0.05, 0) is 55.2 Å². The predicted octanol–water partition coefficient (Wildman–Crippen LogP) is 9.93. The van der Waals surface area contributed by atoms with E-state index in [4.69, 9.17) is 14.2 Å². The van der Waals surface area contributed by atoms with Crippen molar-refractivity contribution in [3.8, 4) is 22.6 Å². The topological polar surface area (TPSA) is 44.8 Å². The molecule has 4 heteroatoms.